The molecule has 0 spiro atoms. The van der Waals surface area contributed by atoms with Gasteiger partial charge in [-0.05, 0) is 39.3 Å². The molecule has 0 aliphatic heterocycles. The molecule has 1 N–H and O–H groups in total. The van der Waals surface area contributed by atoms with Crippen molar-refractivity contribution in [2.24, 2.45) is 0 Å². The van der Waals surface area contributed by atoms with Crippen molar-refractivity contribution in [3.63, 3.8) is 0 Å². The molecule has 1 aliphatic carbocycles. The number of amides is 1. The Bertz CT molecular complexity index is 540. The van der Waals surface area contributed by atoms with Crippen molar-refractivity contribution in [1.29, 1.82) is 0 Å². The Labute approximate surface area is 128 Å². The van der Waals surface area contributed by atoms with Crippen LogP contribution in [0.15, 0.2) is 12.1 Å². The maximum Gasteiger partial charge on any atom is 0.407 e. The normalized spacial score (nSPS) is 21.0. The first kappa shape index (κ1) is 16.5. The van der Waals surface area contributed by atoms with Crippen molar-refractivity contribution >= 4 is 6.09 Å². The molecular weight excluding hydrogens is 292 g/mol. The summed E-state index contributed by atoms with van der Waals surface area (Å²) in [5.74, 6) is -1.49. The van der Waals surface area contributed by atoms with Gasteiger partial charge in [-0.15, -0.1) is 0 Å². The Hall–Kier alpha value is -1.85. The number of benzene rings is 1. The number of nitrogens with one attached hydrogen (secondary N) is 1. The second-order valence-electron chi connectivity index (χ2n) is 6.65. The van der Waals surface area contributed by atoms with Crippen LogP contribution in [0.5, 0.6) is 5.75 Å². The first-order valence-electron chi connectivity index (χ1n) is 7.25. The molecule has 0 heterocycles. The number of hydrogen-bond acceptors (Lipinski definition) is 3. The van der Waals surface area contributed by atoms with Gasteiger partial charge in [-0.1, -0.05) is 0 Å². The molecule has 1 aromatic carbocycles. The molecule has 122 valence electrons. The smallest absolute Gasteiger partial charge is 0.407 e. The highest BCUT2D eigenvalue weighted by molar-refractivity contribution is 5.68. The summed E-state index contributed by atoms with van der Waals surface area (Å²) in [5.41, 5.74) is -0.147. The minimum atomic E-state index is -0.924. The minimum Gasteiger partial charge on any atom is -0.490 e. The molecule has 6 heteroatoms. The maximum atomic E-state index is 13.3. The quantitative estimate of drug-likeness (QED) is 0.925. The molecule has 1 aromatic rings. The van der Waals surface area contributed by atoms with Crippen LogP contribution in [0.3, 0.4) is 0 Å². The number of alkyl carbamates (subject to hydrolysis) is 1. The number of carbonyl (C=O) groups excluding carboxylic acids is 1. The highest BCUT2D eigenvalue weighted by atomic mass is 19.2. The molecule has 0 unspecified atom stereocenters. The maximum absolute atomic E-state index is 13.3. The van der Waals surface area contributed by atoms with E-state index in [2.05, 4.69) is 5.32 Å². The molecule has 1 fully saturated rings. The molecule has 1 saturated carbocycles. The van der Waals surface area contributed by atoms with E-state index in [4.69, 9.17) is 9.47 Å². The van der Waals surface area contributed by atoms with Crippen LogP contribution in [-0.4, -0.2) is 23.8 Å². The predicted octanol–water partition coefficient (Wildman–Crippen LogP) is 3.71. The van der Waals surface area contributed by atoms with E-state index in [0.717, 1.165) is 6.07 Å². The zero-order valence-corrected chi connectivity index (χ0v) is 13.2. The van der Waals surface area contributed by atoms with E-state index < -0.39 is 17.7 Å². The van der Waals surface area contributed by atoms with Gasteiger partial charge in [-0.2, -0.15) is 0 Å². The largest absolute Gasteiger partial charge is 0.490 e. The average Bonchev–Trinajstić information content (AvgIpc) is 2.30. The van der Waals surface area contributed by atoms with Crippen LogP contribution in [-0.2, 0) is 4.74 Å². The number of halogens is 2. The fourth-order valence-corrected chi connectivity index (χ4v) is 2.15. The number of hydrogen-bond donors (Lipinski definition) is 1. The van der Waals surface area contributed by atoms with Gasteiger partial charge in [-0.3, -0.25) is 0 Å². The van der Waals surface area contributed by atoms with Gasteiger partial charge >= 0.3 is 6.09 Å². The molecule has 0 atom stereocenters. The molecule has 1 amide bonds. The SMILES string of the molecule is Cc1cc(OC2CC(OC(=O)NC(C)(C)C)C2)cc(F)c1F. The summed E-state index contributed by atoms with van der Waals surface area (Å²) in [6.07, 6.45) is 0.251. The molecule has 1 aliphatic rings. The lowest BCUT2D eigenvalue weighted by atomic mass is 9.92. The number of ether oxygens (including phenoxy) is 2. The van der Waals surface area contributed by atoms with E-state index in [1.165, 1.54) is 13.0 Å². The Morgan fingerprint density at radius 2 is 1.86 bits per heavy atom. The summed E-state index contributed by atoms with van der Waals surface area (Å²) in [7, 11) is 0. The van der Waals surface area contributed by atoms with Crippen molar-refractivity contribution in [3.8, 4) is 5.75 Å². The lowest BCUT2D eigenvalue weighted by Crippen LogP contribution is -2.46. The molecule has 4 nitrogen and oxygen atoms in total. The zero-order chi connectivity index (χ0) is 16.5. The van der Waals surface area contributed by atoms with E-state index in [0.29, 0.717) is 18.6 Å². The Morgan fingerprint density at radius 3 is 2.41 bits per heavy atom. The Balaban J connectivity index is 1.79. The van der Waals surface area contributed by atoms with Crippen molar-refractivity contribution in [3.05, 3.63) is 29.3 Å². The third-order valence-corrected chi connectivity index (χ3v) is 3.29. The van der Waals surface area contributed by atoms with E-state index >= 15 is 0 Å². The van der Waals surface area contributed by atoms with Gasteiger partial charge in [0.2, 0.25) is 0 Å². The molecule has 0 radical (unpaired) electrons. The van der Waals surface area contributed by atoms with Gasteiger partial charge in [-0.25, -0.2) is 13.6 Å². The second kappa shape index (κ2) is 6.10. The average molecular weight is 313 g/mol. The molecule has 0 saturated heterocycles. The van der Waals surface area contributed by atoms with Gasteiger partial charge in [0.15, 0.2) is 11.6 Å². The van der Waals surface area contributed by atoms with Gasteiger partial charge in [0.1, 0.15) is 18.0 Å². The summed E-state index contributed by atoms with van der Waals surface area (Å²) < 4.78 is 37.3. The molecule has 0 bridgehead atoms. The van der Waals surface area contributed by atoms with Crippen molar-refractivity contribution in [2.75, 3.05) is 0 Å². The van der Waals surface area contributed by atoms with Crippen LogP contribution < -0.4 is 10.1 Å². The molecular formula is C16H21F2NO3. The Kier molecular flexibility index (Phi) is 4.58. The lowest BCUT2D eigenvalue weighted by Gasteiger charge is -2.35. The monoisotopic (exact) mass is 313 g/mol. The van der Waals surface area contributed by atoms with E-state index in [9.17, 15) is 13.6 Å². The van der Waals surface area contributed by atoms with Crippen LogP contribution >= 0.6 is 0 Å². The Morgan fingerprint density at radius 1 is 1.23 bits per heavy atom. The van der Waals surface area contributed by atoms with Crippen LogP contribution in [0, 0.1) is 18.6 Å². The first-order valence-corrected chi connectivity index (χ1v) is 7.25. The topological polar surface area (TPSA) is 47.6 Å². The van der Waals surface area contributed by atoms with Crippen molar-refractivity contribution in [2.45, 2.75) is 58.3 Å². The first-order chi connectivity index (χ1) is 10.1. The van der Waals surface area contributed by atoms with Crippen molar-refractivity contribution in [1.82, 2.24) is 5.32 Å². The third kappa shape index (κ3) is 4.32. The highest BCUT2D eigenvalue weighted by Gasteiger charge is 2.34. The third-order valence-electron chi connectivity index (χ3n) is 3.29. The number of aryl methyl sites for hydroxylation is 1. The fraction of sp³-hybridized carbons (Fsp3) is 0.562. The number of carbonyl (C=O) groups is 1. The van der Waals surface area contributed by atoms with Gasteiger partial charge in [0.05, 0.1) is 0 Å². The summed E-state index contributed by atoms with van der Waals surface area (Å²) in [4.78, 5) is 11.6. The van der Waals surface area contributed by atoms with Crippen LogP contribution in [0.1, 0.15) is 39.2 Å². The van der Waals surface area contributed by atoms with E-state index in [-0.39, 0.29) is 23.3 Å². The van der Waals surface area contributed by atoms with Crippen molar-refractivity contribution < 1.29 is 23.0 Å². The summed E-state index contributed by atoms with van der Waals surface area (Å²) in [5, 5.41) is 2.71. The predicted molar refractivity (Wildman–Crippen MR) is 77.9 cm³/mol. The molecule has 2 rings (SSSR count). The summed E-state index contributed by atoms with van der Waals surface area (Å²) in [6, 6.07) is 2.49. The molecule has 0 aromatic heterocycles. The van der Waals surface area contributed by atoms with Crippen LogP contribution in [0.4, 0.5) is 13.6 Å². The van der Waals surface area contributed by atoms with E-state index in [1.54, 1.807) is 0 Å². The zero-order valence-electron chi connectivity index (χ0n) is 13.2. The minimum absolute atomic E-state index is 0.156. The summed E-state index contributed by atoms with van der Waals surface area (Å²) in [6.45, 7) is 7.08. The second-order valence-corrected chi connectivity index (χ2v) is 6.65. The standard InChI is InChI=1S/C16H21F2NO3/c1-9-5-10(8-13(17)14(9)18)21-11-6-12(7-11)22-15(20)19-16(2,3)4/h5,8,11-12H,6-7H2,1-4H3,(H,19,20). The van der Waals surface area contributed by atoms with Crippen LogP contribution in [0.2, 0.25) is 0 Å². The molecule has 22 heavy (non-hydrogen) atoms. The van der Waals surface area contributed by atoms with Crippen LogP contribution in [0.25, 0.3) is 0 Å². The lowest BCUT2D eigenvalue weighted by molar-refractivity contribution is -0.0245. The van der Waals surface area contributed by atoms with E-state index in [1.807, 2.05) is 20.8 Å². The van der Waals surface area contributed by atoms with Gasteiger partial charge in [0, 0.05) is 24.4 Å². The summed E-state index contributed by atoms with van der Waals surface area (Å²) >= 11 is 0. The van der Waals surface area contributed by atoms with Gasteiger partial charge in [0.25, 0.3) is 0 Å². The van der Waals surface area contributed by atoms with Gasteiger partial charge < -0.3 is 14.8 Å². The number of rotatable bonds is 3. The highest BCUT2D eigenvalue weighted by Crippen LogP contribution is 2.30. The fourth-order valence-electron chi connectivity index (χ4n) is 2.15.